The molecular formula is C26H33N3O2. The summed E-state index contributed by atoms with van der Waals surface area (Å²) in [7, 11) is 1.69. The molecule has 0 unspecified atom stereocenters. The molecule has 1 atom stereocenters. The zero-order valence-electron chi connectivity index (χ0n) is 18.7. The van der Waals surface area contributed by atoms with Crippen LogP contribution >= 0.6 is 0 Å². The summed E-state index contributed by atoms with van der Waals surface area (Å²) in [6, 6.07) is 18.4. The number of hydrogen-bond acceptors (Lipinski definition) is 4. The van der Waals surface area contributed by atoms with Gasteiger partial charge in [0.2, 0.25) is 0 Å². The number of ether oxygens (including phenoxy) is 1. The molecule has 2 heterocycles. The van der Waals surface area contributed by atoms with E-state index in [1.54, 1.807) is 7.11 Å². The van der Waals surface area contributed by atoms with Gasteiger partial charge in [-0.2, -0.15) is 5.10 Å². The van der Waals surface area contributed by atoms with E-state index < -0.39 is 0 Å². The number of aliphatic hydroxyl groups is 1. The number of aliphatic hydroxyl groups excluding tert-OH is 1. The molecule has 1 fully saturated rings. The standard InChI is InChI=1S/C26H33N3O2/c1-19(2)26(30)20-12-14-28(15-13-20)17-22-18-29(23-9-5-4-6-10-23)27-25(22)21-8-7-11-24(16-21)31-3/h4-11,16,18-20,26,30H,12-15,17H2,1-3H3/t26-/m1/s1. The molecule has 1 aliphatic rings. The van der Waals surface area contributed by atoms with Gasteiger partial charge < -0.3 is 9.84 Å². The summed E-state index contributed by atoms with van der Waals surface area (Å²) < 4.78 is 7.41. The van der Waals surface area contributed by atoms with Crippen molar-refractivity contribution in [3.05, 3.63) is 66.4 Å². The topological polar surface area (TPSA) is 50.5 Å². The molecule has 1 saturated heterocycles. The Morgan fingerprint density at radius 2 is 1.81 bits per heavy atom. The second-order valence-electron chi connectivity index (χ2n) is 8.86. The van der Waals surface area contributed by atoms with Crippen LogP contribution in [-0.2, 0) is 6.54 Å². The van der Waals surface area contributed by atoms with Crippen LogP contribution in [0.25, 0.3) is 16.9 Å². The van der Waals surface area contributed by atoms with Gasteiger partial charge in [-0.05, 0) is 62.0 Å². The first kappa shape index (κ1) is 21.6. The van der Waals surface area contributed by atoms with Crippen LogP contribution in [-0.4, -0.2) is 46.1 Å². The summed E-state index contributed by atoms with van der Waals surface area (Å²) >= 11 is 0. The lowest BCUT2D eigenvalue weighted by atomic mass is 9.85. The first-order valence-corrected chi connectivity index (χ1v) is 11.2. The fourth-order valence-electron chi connectivity index (χ4n) is 4.49. The minimum Gasteiger partial charge on any atom is -0.497 e. The molecule has 5 nitrogen and oxygen atoms in total. The van der Waals surface area contributed by atoms with Crippen molar-refractivity contribution >= 4 is 0 Å². The summed E-state index contributed by atoms with van der Waals surface area (Å²) in [4.78, 5) is 2.49. The first-order chi connectivity index (χ1) is 15.0. The lowest BCUT2D eigenvalue weighted by Crippen LogP contribution is -2.39. The molecule has 1 aliphatic heterocycles. The number of methoxy groups -OCH3 is 1. The number of piperidine rings is 1. The smallest absolute Gasteiger partial charge is 0.119 e. The summed E-state index contributed by atoms with van der Waals surface area (Å²) in [5.74, 6) is 1.56. The Morgan fingerprint density at radius 1 is 1.06 bits per heavy atom. The largest absolute Gasteiger partial charge is 0.497 e. The summed E-state index contributed by atoms with van der Waals surface area (Å²) in [5.41, 5.74) is 4.32. The predicted octanol–water partition coefficient (Wildman–Crippen LogP) is 4.78. The fraction of sp³-hybridized carbons (Fsp3) is 0.423. The third-order valence-electron chi connectivity index (χ3n) is 6.35. The molecule has 164 valence electrons. The van der Waals surface area contributed by atoms with Crippen LogP contribution in [0.1, 0.15) is 32.3 Å². The van der Waals surface area contributed by atoms with Crippen LogP contribution in [0.15, 0.2) is 60.8 Å². The number of benzene rings is 2. The number of aromatic nitrogens is 2. The average molecular weight is 420 g/mol. The highest BCUT2D eigenvalue weighted by atomic mass is 16.5. The van der Waals surface area contributed by atoms with Gasteiger partial charge in [0.05, 0.1) is 24.6 Å². The normalized spacial score (nSPS) is 16.5. The molecule has 4 rings (SSSR count). The molecule has 1 aromatic heterocycles. The SMILES string of the molecule is COc1cccc(-c2nn(-c3ccccc3)cc2CN2CCC([C@H](O)C(C)C)CC2)c1. The minimum atomic E-state index is -0.199. The summed E-state index contributed by atoms with van der Waals surface area (Å²) in [5, 5.41) is 15.4. The maximum atomic E-state index is 10.5. The molecule has 0 saturated carbocycles. The van der Waals surface area contributed by atoms with E-state index in [1.165, 1.54) is 5.56 Å². The molecule has 2 aromatic carbocycles. The zero-order chi connectivity index (χ0) is 21.8. The Kier molecular flexibility index (Phi) is 6.73. The van der Waals surface area contributed by atoms with Gasteiger partial charge in [-0.1, -0.05) is 44.2 Å². The van der Waals surface area contributed by atoms with E-state index in [9.17, 15) is 5.11 Å². The molecule has 0 amide bonds. The monoisotopic (exact) mass is 419 g/mol. The average Bonchev–Trinajstić information content (AvgIpc) is 3.23. The van der Waals surface area contributed by atoms with Crippen molar-refractivity contribution in [3.63, 3.8) is 0 Å². The predicted molar refractivity (Wildman–Crippen MR) is 124 cm³/mol. The van der Waals surface area contributed by atoms with Crippen LogP contribution < -0.4 is 4.74 Å². The van der Waals surface area contributed by atoms with Gasteiger partial charge in [-0.25, -0.2) is 4.68 Å². The number of nitrogens with zero attached hydrogens (tertiary/aromatic N) is 3. The van der Waals surface area contributed by atoms with Crippen LogP contribution in [0, 0.1) is 11.8 Å². The third-order valence-corrected chi connectivity index (χ3v) is 6.35. The van der Waals surface area contributed by atoms with Gasteiger partial charge in [0, 0.05) is 23.9 Å². The molecule has 31 heavy (non-hydrogen) atoms. The Bertz CT molecular complexity index is 975. The Morgan fingerprint density at radius 3 is 2.48 bits per heavy atom. The number of rotatable bonds is 7. The van der Waals surface area contributed by atoms with Gasteiger partial charge in [-0.15, -0.1) is 0 Å². The molecule has 5 heteroatoms. The van der Waals surface area contributed by atoms with Crippen molar-refractivity contribution in [2.24, 2.45) is 11.8 Å². The van der Waals surface area contributed by atoms with Crippen LogP contribution in [0.5, 0.6) is 5.75 Å². The van der Waals surface area contributed by atoms with E-state index in [-0.39, 0.29) is 6.10 Å². The molecule has 3 aromatic rings. The third kappa shape index (κ3) is 5.00. The van der Waals surface area contributed by atoms with Crippen molar-refractivity contribution in [2.75, 3.05) is 20.2 Å². The van der Waals surface area contributed by atoms with Crippen LogP contribution in [0.4, 0.5) is 0 Å². The van der Waals surface area contributed by atoms with E-state index >= 15 is 0 Å². The van der Waals surface area contributed by atoms with Crippen molar-refractivity contribution in [1.29, 1.82) is 0 Å². The highest BCUT2D eigenvalue weighted by molar-refractivity contribution is 5.65. The van der Waals surface area contributed by atoms with Gasteiger partial charge in [0.15, 0.2) is 0 Å². The van der Waals surface area contributed by atoms with E-state index in [1.807, 2.05) is 41.1 Å². The van der Waals surface area contributed by atoms with Crippen molar-refractivity contribution in [1.82, 2.24) is 14.7 Å². The Hall–Kier alpha value is -2.63. The quantitative estimate of drug-likeness (QED) is 0.599. The number of para-hydroxylation sites is 1. The second kappa shape index (κ2) is 9.67. The van der Waals surface area contributed by atoms with Gasteiger partial charge in [0.25, 0.3) is 0 Å². The Labute approximate surface area is 185 Å². The van der Waals surface area contributed by atoms with Crippen LogP contribution in [0.2, 0.25) is 0 Å². The first-order valence-electron chi connectivity index (χ1n) is 11.2. The van der Waals surface area contributed by atoms with E-state index in [4.69, 9.17) is 9.84 Å². The maximum Gasteiger partial charge on any atom is 0.119 e. The molecule has 0 aliphatic carbocycles. The Balaban J connectivity index is 1.58. The molecule has 1 N–H and O–H groups in total. The van der Waals surface area contributed by atoms with Gasteiger partial charge >= 0.3 is 0 Å². The summed E-state index contributed by atoms with van der Waals surface area (Å²) in [6.45, 7) is 7.07. The van der Waals surface area contributed by atoms with Crippen LogP contribution in [0.3, 0.4) is 0 Å². The van der Waals surface area contributed by atoms with E-state index in [2.05, 4.69) is 43.1 Å². The summed E-state index contributed by atoms with van der Waals surface area (Å²) in [6.07, 6.45) is 4.04. The van der Waals surface area contributed by atoms with Crippen molar-refractivity contribution in [3.8, 4) is 22.7 Å². The molecule has 0 spiro atoms. The maximum absolute atomic E-state index is 10.5. The zero-order valence-corrected chi connectivity index (χ0v) is 18.7. The van der Waals surface area contributed by atoms with Crippen molar-refractivity contribution in [2.45, 2.75) is 39.3 Å². The molecule has 0 radical (unpaired) electrons. The molecule has 0 bridgehead atoms. The van der Waals surface area contributed by atoms with Gasteiger partial charge in [0.1, 0.15) is 5.75 Å². The highest BCUT2D eigenvalue weighted by Crippen LogP contribution is 2.30. The fourth-order valence-corrected chi connectivity index (χ4v) is 4.49. The molecular weight excluding hydrogens is 386 g/mol. The minimum absolute atomic E-state index is 0.199. The van der Waals surface area contributed by atoms with E-state index in [0.29, 0.717) is 11.8 Å². The van der Waals surface area contributed by atoms with Gasteiger partial charge in [-0.3, -0.25) is 4.90 Å². The van der Waals surface area contributed by atoms with E-state index in [0.717, 1.165) is 55.2 Å². The highest BCUT2D eigenvalue weighted by Gasteiger charge is 2.27. The second-order valence-corrected chi connectivity index (χ2v) is 8.86. The number of likely N-dealkylation sites (tertiary alicyclic amines) is 1. The lowest BCUT2D eigenvalue weighted by Gasteiger charge is -2.35. The lowest BCUT2D eigenvalue weighted by molar-refractivity contribution is 0.0270. The van der Waals surface area contributed by atoms with Crippen molar-refractivity contribution < 1.29 is 9.84 Å². The number of hydrogen-bond donors (Lipinski definition) is 1.